The van der Waals surface area contributed by atoms with E-state index in [1.165, 1.54) is 16.7 Å². The average molecular weight is 330 g/mol. The number of carbonyl (C=O) groups is 1. The molecule has 0 bridgehead atoms. The normalized spacial score (nSPS) is 29.2. The molecule has 3 heteroatoms. The Morgan fingerprint density at radius 2 is 1.92 bits per heavy atom. The third-order valence-electron chi connectivity index (χ3n) is 6.51. The van der Waals surface area contributed by atoms with E-state index in [4.69, 9.17) is 9.47 Å². The highest BCUT2D eigenvalue weighted by Gasteiger charge is 2.50. The predicted molar refractivity (Wildman–Crippen MR) is 96.2 cm³/mol. The zero-order valence-corrected chi connectivity index (χ0v) is 15.9. The smallest absolute Gasteiger partial charge is 0.136 e. The summed E-state index contributed by atoms with van der Waals surface area (Å²) in [7, 11) is 3.53. The maximum Gasteiger partial charge on any atom is 0.136 e. The molecule has 0 N–H and O–H groups in total. The minimum Gasteiger partial charge on any atom is -0.496 e. The van der Waals surface area contributed by atoms with Gasteiger partial charge in [-0.1, -0.05) is 27.7 Å². The molecule has 2 aliphatic rings. The lowest BCUT2D eigenvalue weighted by Crippen LogP contribution is -2.47. The lowest BCUT2D eigenvalue weighted by Gasteiger charge is -2.49. The molecule has 0 spiro atoms. The van der Waals surface area contributed by atoms with Gasteiger partial charge in [-0.15, -0.1) is 0 Å². The van der Waals surface area contributed by atoms with Crippen LogP contribution in [0.1, 0.15) is 69.6 Å². The molecule has 1 saturated carbocycles. The molecule has 132 valence electrons. The fourth-order valence-electron chi connectivity index (χ4n) is 5.16. The second-order valence-corrected chi connectivity index (χ2v) is 8.03. The van der Waals surface area contributed by atoms with Crippen LogP contribution in [0.25, 0.3) is 0 Å². The number of ether oxygens (including phenoxy) is 2. The lowest BCUT2D eigenvalue weighted by atomic mass is 9.54. The Morgan fingerprint density at radius 3 is 2.50 bits per heavy atom. The maximum absolute atomic E-state index is 12.3. The van der Waals surface area contributed by atoms with Gasteiger partial charge in [0.15, 0.2) is 0 Å². The van der Waals surface area contributed by atoms with Crippen molar-refractivity contribution < 1.29 is 14.3 Å². The van der Waals surface area contributed by atoms with Gasteiger partial charge < -0.3 is 9.47 Å². The Bertz CT molecular complexity index is 662. The van der Waals surface area contributed by atoms with Gasteiger partial charge in [0.05, 0.1) is 14.2 Å². The Labute approximate surface area is 145 Å². The quantitative estimate of drug-likeness (QED) is 0.809. The number of hydrogen-bond acceptors (Lipinski definition) is 3. The Morgan fingerprint density at radius 1 is 1.21 bits per heavy atom. The molecule has 0 heterocycles. The number of methoxy groups -OCH3 is 2. The van der Waals surface area contributed by atoms with E-state index >= 15 is 0 Å². The first kappa shape index (κ1) is 17.3. The molecule has 3 nitrogen and oxygen atoms in total. The van der Waals surface area contributed by atoms with Gasteiger partial charge in [0.1, 0.15) is 17.3 Å². The zero-order chi connectivity index (χ0) is 17.6. The van der Waals surface area contributed by atoms with Crippen molar-refractivity contribution >= 4 is 5.78 Å². The van der Waals surface area contributed by atoms with Crippen molar-refractivity contribution in [2.75, 3.05) is 14.2 Å². The maximum atomic E-state index is 12.3. The highest BCUT2D eigenvalue weighted by atomic mass is 16.5. The summed E-state index contributed by atoms with van der Waals surface area (Å²) in [5, 5.41) is 0. The first-order chi connectivity index (χ1) is 11.3. The van der Waals surface area contributed by atoms with E-state index in [-0.39, 0.29) is 11.3 Å². The number of carbonyl (C=O) groups excluding carboxylic acids is 1. The summed E-state index contributed by atoms with van der Waals surface area (Å²) in [5.74, 6) is 3.35. The van der Waals surface area contributed by atoms with Gasteiger partial charge in [0.25, 0.3) is 0 Å². The molecule has 0 radical (unpaired) electrons. The molecule has 3 rings (SSSR count). The number of Topliss-reactive ketones (excluding diaryl/α,β-unsaturated/α-hetero) is 1. The molecule has 2 aliphatic carbocycles. The van der Waals surface area contributed by atoms with Gasteiger partial charge in [-0.05, 0) is 37.2 Å². The van der Waals surface area contributed by atoms with Gasteiger partial charge in [0.2, 0.25) is 0 Å². The topological polar surface area (TPSA) is 35.5 Å². The molecule has 3 atom stereocenters. The first-order valence-electron chi connectivity index (χ1n) is 9.16. The molecule has 3 unspecified atom stereocenters. The van der Waals surface area contributed by atoms with Crippen molar-refractivity contribution in [1.29, 1.82) is 0 Å². The van der Waals surface area contributed by atoms with Crippen molar-refractivity contribution in [3.63, 3.8) is 0 Å². The van der Waals surface area contributed by atoms with Crippen LogP contribution in [0.15, 0.2) is 6.07 Å². The molecule has 24 heavy (non-hydrogen) atoms. The highest BCUT2D eigenvalue weighted by Crippen LogP contribution is 2.56. The Hall–Kier alpha value is -1.51. The van der Waals surface area contributed by atoms with Crippen LogP contribution < -0.4 is 9.47 Å². The van der Waals surface area contributed by atoms with Crippen molar-refractivity contribution in [3.8, 4) is 11.5 Å². The van der Waals surface area contributed by atoms with Crippen LogP contribution in [0.2, 0.25) is 0 Å². The largest absolute Gasteiger partial charge is 0.496 e. The molecule has 0 amide bonds. The van der Waals surface area contributed by atoms with Crippen LogP contribution in [0.5, 0.6) is 11.5 Å². The predicted octanol–water partition coefficient (Wildman–Crippen LogP) is 4.65. The van der Waals surface area contributed by atoms with E-state index < -0.39 is 0 Å². The van der Waals surface area contributed by atoms with E-state index in [1.807, 2.05) is 0 Å². The summed E-state index contributed by atoms with van der Waals surface area (Å²) in [5.41, 5.74) is 3.81. The van der Waals surface area contributed by atoms with Crippen molar-refractivity contribution in [2.45, 2.75) is 64.7 Å². The van der Waals surface area contributed by atoms with Crippen molar-refractivity contribution in [1.82, 2.24) is 0 Å². The highest BCUT2D eigenvalue weighted by molar-refractivity contribution is 5.83. The summed E-state index contributed by atoms with van der Waals surface area (Å²) in [4.78, 5) is 12.3. The van der Waals surface area contributed by atoms with Crippen molar-refractivity contribution in [3.05, 3.63) is 22.8 Å². The molecule has 1 aromatic rings. The minimum absolute atomic E-state index is 0.00492. The van der Waals surface area contributed by atoms with Gasteiger partial charge in [-0.25, -0.2) is 0 Å². The van der Waals surface area contributed by atoms with E-state index in [1.54, 1.807) is 14.2 Å². The molecule has 0 aliphatic heterocycles. The monoisotopic (exact) mass is 330 g/mol. The van der Waals surface area contributed by atoms with E-state index in [0.29, 0.717) is 24.0 Å². The van der Waals surface area contributed by atoms with Crippen LogP contribution in [-0.2, 0) is 16.6 Å². The summed E-state index contributed by atoms with van der Waals surface area (Å²) < 4.78 is 11.7. The number of benzene rings is 1. The first-order valence-corrected chi connectivity index (χ1v) is 9.16. The van der Waals surface area contributed by atoms with Gasteiger partial charge >= 0.3 is 0 Å². The molecule has 1 aromatic carbocycles. The van der Waals surface area contributed by atoms with Gasteiger partial charge in [-0.3, -0.25) is 4.79 Å². The van der Waals surface area contributed by atoms with Gasteiger partial charge in [-0.2, -0.15) is 0 Å². The zero-order valence-electron chi connectivity index (χ0n) is 15.9. The summed E-state index contributed by atoms with van der Waals surface area (Å²) in [6.07, 6.45) is 3.60. The molecule has 0 saturated heterocycles. The van der Waals surface area contributed by atoms with Crippen LogP contribution in [0, 0.1) is 11.8 Å². The fourth-order valence-corrected chi connectivity index (χ4v) is 5.16. The van der Waals surface area contributed by atoms with E-state index in [9.17, 15) is 4.79 Å². The standard InChI is InChI=1S/C21H30O3/c1-12(2)15-11-18(23-5)19-14(20(15)24-6)7-8-16-13(3)17(22)9-10-21(16,19)4/h11-13,16H,7-10H2,1-6H3. The number of hydrogen-bond donors (Lipinski definition) is 0. The molecule has 1 fully saturated rings. The second kappa shape index (κ2) is 6.09. The van der Waals surface area contributed by atoms with Gasteiger partial charge in [0, 0.05) is 34.4 Å². The van der Waals surface area contributed by atoms with Crippen LogP contribution >= 0.6 is 0 Å². The van der Waals surface area contributed by atoms with Crippen LogP contribution in [0.4, 0.5) is 0 Å². The second-order valence-electron chi connectivity index (χ2n) is 8.03. The molecule has 0 aromatic heterocycles. The number of fused-ring (bicyclic) bond motifs is 3. The summed E-state index contributed by atoms with van der Waals surface area (Å²) in [6, 6.07) is 2.16. The SMILES string of the molecule is COc1cc(C(C)C)c(OC)c2c1C1(C)CCC(=O)C(C)C1CC2. The summed E-state index contributed by atoms with van der Waals surface area (Å²) in [6.45, 7) is 8.83. The third kappa shape index (κ3) is 2.35. The van der Waals surface area contributed by atoms with E-state index in [2.05, 4.69) is 33.8 Å². The summed E-state index contributed by atoms with van der Waals surface area (Å²) >= 11 is 0. The lowest BCUT2D eigenvalue weighted by molar-refractivity contribution is -0.128. The Kier molecular flexibility index (Phi) is 4.39. The van der Waals surface area contributed by atoms with Crippen LogP contribution in [0.3, 0.4) is 0 Å². The molecular weight excluding hydrogens is 300 g/mol. The van der Waals surface area contributed by atoms with Crippen molar-refractivity contribution in [2.24, 2.45) is 11.8 Å². The third-order valence-corrected chi connectivity index (χ3v) is 6.51. The minimum atomic E-state index is -0.00492. The number of ketones is 1. The van der Waals surface area contributed by atoms with E-state index in [0.717, 1.165) is 30.8 Å². The average Bonchev–Trinajstić information content (AvgIpc) is 2.56. The Balaban J connectivity index is 2.25. The van der Waals surface area contributed by atoms with Crippen LogP contribution in [-0.4, -0.2) is 20.0 Å². The molecular formula is C21H30O3. The fraction of sp³-hybridized carbons (Fsp3) is 0.667. The number of rotatable bonds is 3.